The number of aliphatic carboxylic acids is 1. The largest absolute Gasteiger partial charge is 0.497 e. The predicted molar refractivity (Wildman–Crippen MR) is 155 cm³/mol. The van der Waals surface area contributed by atoms with Gasteiger partial charge in [0, 0.05) is 18.4 Å². The highest BCUT2D eigenvalue weighted by molar-refractivity contribution is 5.99. The van der Waals surface area contributed by atoms with E-state index in [0.717, 1.165) is 0 Å². The Morgan fingerprint density at radius 2 is 1.63 bits per heavy atom. The van der Waals surface area contributed by atoms with Gasteiger partial charge in [-0.2, -0.15) is 0 Å². The van der Waals surface area contributed by atoms with Gasteiger partial charge in [-0.15, -0.1) is 0 Å². The lowest BCUT2D eigenvalue weighted by atomic mass is 9.98. The molecule has 2 atom stereocenters. The molecule has 41 heavy (non-hydrogen) atoms. The minimum Gasteiger partial charge on any atom is -0.497 e. The van der Waals surface area contributed by atoms with Crippen LogP contribution in [-0.2, 0) is 20.8 Å². The summed E-state index contributed by atoms with van der Waals surface area (Å²) in [5.41, 5.74) is 1.74. The third-order valence-electron chi connectivity index (χ3n) is 6.14. The van der Waals surface area contributed by atoms with Crippen molar-refractivity contribution in [3.05, 3.63) is 84.1 Å². The molecule has 1 heterocycles. The van der Waals surface area contributed by atoms with E-state index in [2.05, 4.69) is 26.3 Å². The number of benzene rings is 2. The molecule has 11 nitrogen and oxygen atoms in total. The Hall–Kier alpha value is -4.93. The minimum atomic E-state index is -1.08. The molecule has 216 valence electrons. The number of carbonyl (C=O) groups is 4. The molecule has 0 fully saturated rings. The highest BCUT2D eigenvalue weighted by Crippen LogP contribution is 2.20. The quantitative estimate of drug-likeness (QED) is 0.212. The topological polar surface area (TPSA) is 159 Å². The summed E-state index contributed by atoms with van der Waals surface area (Å²) >= 11 is 0. The second-order valence-electron chi connectivity index (χ2n) is 9.83. The molecule has 0 saturated heterocycles. The fraction of sp³-hybridized carbons (Fsp3) is 0.300. The van der Waals surface area contributed by atoms with Gasteiger partial charge >= 0.3 is 12.0 Å². The number of carboxylic acid groups (broad SMARTS) is 1. The van der Waals surface area contributed by atoms with Crippen molar-refractivity contribution in [3.63, 3.8) is 0 Å². The fourth-order valence-electron chi connectivity index (χ4n) is 4.06. The Labute approximate surface area is 238 Å². The van der Waals surface area contributed by atoms with E-state index in [4.69, 9.17) is 4.74 Å². The first-order valence-electron chi connectivity index (χ1n) is 13.2. The van der Waals surface area contributed by atoms with Crippen molar-refractivity contribution >= 4 is 35.3 Å². The summed E-state index contributed by atoms with van der Waals surface area (Å²) in [5.74, 6) is -1.73. The second kappa shape index (κ2) is 15.0. The molecular weight excluding hydrogens is 526 g/mol. The minimum absolute atomic E-state index is 0.0197. The average Bonchev–Trinajstić information content (AvgIpc) is 2.94. The molecule has 0 unspecified atom stereocenters. The van der Waals surface area contributed by atoms with Gasteiger partial charge in [-0.25, -0.2) is 9.78 Å². The van der Waals surface area contributed by atoms with Crippen molar-refractivity contribution in [1.29, 1.82) is 0 Å². The average molecular weight is 562 g/mol. The Bertz CT molecular complexity index is 1310. The lowest BCUT2D eigenvalue weighted by Gasteiger charge is -2.22. The summed E-state index contributed by atoms with van der Waals surface area (Å²) < 4.78 is 5.12. The van der Waals surface area contributed by atoms with E-state index in [0.29, 0.717) is 34.8 Å². The Morgan fingerprint density at radius 1 is 0.927 bits per heavy atom. The third kappa shape index (κ3) is 9.95. The SMILES string of the molecule is COc1ccc([C@@H](CNC(=O)[C@H](CC(C)C)NC(=O)Cc2ccc(NC(=O)Nc3ccccn3)cc2)C(=O)O)cc1. The lowest BCUT2D eigenvalue weighted by molar-refractivity contribution is -0.139. The van der Waals surface area contributed by atoms with Gasteiger partial charge in [-0.1, -0.05) is 44.2 Å². The van der Waals surface area contributed by atoms with Gasteiger partial charge in [0.05, 0.1) is 19.4 Å². The maximum Gasteiger partial charge on any atom is 0.324 e. The Morgan fingerprint density at radius 3 is 2.22 bits per heavy atom. The summed E-state index contributed by atoms with van der Waals surface area (Å²) in [7, 11) is 1.52. The molecule has 3 aromatic rings. The van der Waals surface area contributed by atoms with Gasteiger partial charge in [-0.3, -0.25) is 19.7 Å². The monoisotopic (exact) mass is 561 g/mol. The van der Waals surface area contributed by atoms with Crippen molar-refractivity contribution < 1.29 is 29.0 Å². The van der Waals surface area contributed by atoms with Gasteiger partial charge < -0.3 is 25.8 Å². The number of urea groups is 1. The van der Waals surface area contributed by atoms with Gasteiger partial charge in [0.1, 0.15) is 17.6 Å². The molecule has 5 N–H and O–H groups in total. The van der Waals surface area contributed by atoms with Crippen LogP contribution in [0.5, 0.6) is 5.75 Å². The van der Waals surface area contributed by atoms with Gasteiger partial charge in [0.25, 0.3) is 0 Å². The van der Waals surface area contributed by atoms with Crippen LogP contribution in [0.3, 0.4) is 0 Å². The summed E-state index contributed by atoms with van der Waals surface area (Å²) in [6, 6.07) is 17.3. The zero-order valence-electron chi connectivity index (χ0n) is 23.2. The van der Waals surface area contributed by atoms with Crippen LogP contribution in [0.4, 0.5) is 16.3 Å². The molecule has 0 saturated carbocycles. The second-order valence-corrected chi connectivity index (χ2v) is 9.83. The summed E-state index contributed by atoms with van der Waals surface area (Å²) in [5, 5.41) is 20.5. The number of amides is 4. The molecule has 0 radical (unpaired) electrons. The van der Waals surface area contributed by atoms with Crippen LogP contribution in [0.15, 0.2) is 72.9 Å². The summed E-state index contributed by atoms with van der Waals surface area (Å²) in [6.07, 6.45) is 1.97. The number of carboxylic acids is 1. The third-order valence-corrected chi connectivity index (χ3v) is 6.14. The van der Waals surface area contributed by atoms with E-state index in [9.17, 15) is 24.3 Å². The maximum absolute atomic E-state index is 13.0. The number of nitrogens with zero attached hydrogens (tertiary/aromatic N) is 1. The van der Waals surface area contributed by atoms with Crippen LogP contribution in [0, 0.1) is 5.92 Å². The highest BCUT2D eigenvalue weighted by Gasteiger charge is 2.25. The van der Waals surface area contributed by atoms with E-state index < -0.39 is 29.9 Å². The van der Waals surface area contributed by atoms with Gasteiger partial charge in [-0.05, 0) is 59.9 Å². The van der Waals surface area contributed by atoms with E-state index in [1.165, 1.54) is 7.11 Å². The molecule has 1 aromatic heterocycles. The number of aromatic nitrogens is 1. The normalized spacial score (nSPS) is 12.1. The summed E-state index contributed by atoms with van der Waals surface area (Å²) in [4.78, 5) is 53.9. The standard InChI is InChI=1S/C30H35N5O6/c1-19(2)16-25(28(37)32-18-24(29(38)39)21-9-13-23(41-3)14-10-21)34-27(36)17-20-7-11-22(12-8-20)33-30(40)35-26-6-4-5-15-31-26/h4-15,19,24-25H,16-18H2,1-3H3,(H,32,37)(H,34,36)(H,38,39)(H2,31,33,35,40)/t24-,25+/m1/s1. The highest BCUT2D eigenvalue weighted by atomic mass is 16.5. The number of methoxy groups -OCH3 is 1. The molecule has 11 heteroatoms. The molecule has 0 bridgehead atoms. The van der Waals surface area contributed by atoms with Gasteiger partial charge in [0.15, 0.2) is 0 Å². The zero-order valence-corrected chi connectivity index (χ0v) is 23.2. The number of nitrogens with one attached hydrogen (secondary N) is 4. The van der Waals surface area contributed by atoms with E-state index in [1.54, 1.807) is 72.9 Å². The van der Waals surface area contributed by atoms with Crippen LogP contribution in [0.25, 0.3) is 0 Å². The Balaban J connectivity index is 1.55. The van der Waals surface area contributed by atoms with Crippen LogP contribution < -0.4 is 26.0 Å². The van der Waals surface area contributed by atoms with Crippen LogP contribution in [-0.4, -0.2) is 53.6 Å². The number of anilines is 2. The van der Waals surface area contributed by atoms with Gasteiger partial charge in [0.2, 0.25) is 11.8 Å². The molecule has 4 amide bonds. The summed E-state index contributed by atoms with van der Waals surface area (Å²) in [6.45, 7) is 3.73. The molecule has 0 aliphatic rings. The molecular formula is C30H35N5O6. The number of carbonyl (C=O) groups excluding carboxylic acids is 3. The van der Waals surface area contributed by atoms with Crippen molar-refractivity contribution in [2.24, 2.45) is 5.92 Å². The van der Waals surface area contributed by atoms with E-state index in [1.807, 2.05) is 13.8 Å². The van der Waals surface area contributed by atoms with Crippen molar-refractivity contribution in [3.8, 4) is 5.75 Å². The smallest absolute Gasteiger partial charge is 0.324 e. The van der Waals surface area contributed by atoms with Crippen LogP contribution in [0.2, 0.25) is 0 Å². The fourth-order valence-corrected chi connectivity index (χ4v) is 4.06. The number of rotatable bonds is 13. The maximum atomic E-state index is 13.0. The van der Waals surface area contributed by atoms with Crippen molar-refractivity contribution in [1.82, 2.24) is 15.6 Å². The van der Waals surface area contributed by atoms with Crippen LogP contribution >= 0.6 is 0 Å². The zero-order chi connectivity index (χ0) is 29.8. The Kier molecular flexibility index (Phi) is 11.2. The molecule has 0 aliphatic heterocycles. The first-order chi connectivity index (χ1) is 19.6. The first-order valence-corrected chi connectivity index (χ1v) is 13.2. The first kappa shape index (κ1) is 30.6. The van der Waals surface area contributed by atoms with Crippen LogP contribution in [0.1, 0.15) is 37.3 Å². The number of hydrogen-bond acceptors (Lipinski definition) is 6. The van der Waals surface area contributed by atoms with E-state index >= 15 is 0 Å². The van der Waals surface area contributed by atoms with Crippen molar-refractivity contribution in [2.75, 3.05) is 24.3 Å². The van der Waals surface area contributed by atoms with E-state index in [-0.39, 0.29) is 24.8 Å². The predicted octanol–water partition coefficient (Wildman–Crippen LogP) is 3.79. The molecule has 2 aromatic carbocycles. The molecule has 0 aliphatic carbocycles. The number of pyridine rings is 1. The molecule has 0 spiro atoms. The lowest BCUT2D eigenvalue weighted by Crippen LogP contribution is -2.49. The molecule has 3 rings (SSSR count). The number of ether oxygens (including phenoxy) is 1. The number of hydrogen-bond donors (Lipinski definition) is 5. The van der Waals surface area contributed by atoms with Crippen molar-refractivity contribution in [2.45, 2.75) is 38.6 Å².